The first-order valence-corrected chi connectivity index (χ1v) is 5.85. The SMILES string of the molecule is CCN(CCOC)C(=O)NC1(C(=O)O)CCC1. The first kappa shape index (κ1) is 13.8. The molecule has 6 heteroatoms. The topological polar surface area (TPSA) is 78.9 Å². The zero-order valence-electron chi connectivity index (χ0n) is 10.4. The van der Waals surface area contributed by atoms with Gasteiger partial charge in [0.05, 0.1) is 6.61 Å². The molecule has 0 unspecified atom stereocenters. The van der Waals surface area contributed by atoms with Crippen LogP contribution in [0.5, 0.6) is 0 Å². The van der Waals surface area contributed by atoms with E-state index in [-0.39, 0.29) is 6.03 Å². The Morgan fingerprint density at radius 3 is 2.47 bits per heavy atom. The molecular weight excluding hydrogens is 224 g/mol. The van der Waals surface area contributed by atoms with Crippen LogP contribution in [0.1, 0.15) is 26.2 Å². The summed E-state index contributed by atoms with van der Waals surface area (Å²) in [5.41, 5.74) is -1.04. The smallest absolute Gasteiger partial charge is 0.329 e. The molecule has 0 heterocycles. The number of urea groups is 1. The normalized spacial score (nSPS) is 17.1. The average molecular weight is 244 g/mol. The third-order valence-corrected chi connectivity index (χ3v) is 3.20. The minimum atomic E-state index is -1.04. The van der Waals surface area contributed by atoms with Crippen LogP contribution in [0, 0.1) is 0 Å². The van der Waals surface area contributed by atoms with E-state index in [0.29, 0.717) is 32.5 Å². The van der Waals surface area contributed by atoms with Crippen molar-refractivity contribution in [2.24, 2.45) is 0 Å². The number of ether oxygens (including phenoxy) is 1. The number of hydrogen-bond donors (Lipinski definition) is 2. The Kier molecular flexibility index (Phi) is 4.74. The lowest BCUT2D eigenvalue weighted by Crippen LogP contribution is -2.61. The summed E-state index contributed by atoms with van der Waals surface area (Å²) < 4.78 is 4.90. The van der Waals surface area contributed by atoms with E-state index in [1.165, 1.54) is 0 Å². The van der Waals surface area contributed by atoms with Crippen LogP contribution in [0.4, 0.5) is 4.79 Å². The number of nitrogens with zero attached hydrogens (tertiary/aromatic N) is 1. The zero-order valence-corrected chi connectivity index (χ0v) is 10.4. The number of aliphatic carboxylic acids is 1. The van der Waals surface area contributed by atoms with Crippen molar-refractivity contribution in [2.75, 3.05) is 26.8 Å². The van der Waals surface area contributed by atoms with Crippen LogP contribution in [0.25, 0.3) is 0 Å². The van der Waals surface area contributed by atoms with Crippen LogP contribution in [0.15, 0.2) is 0 Å². The second-order valence-corrected chi connectivity index (χ2v) is 4.24. The molecule has 0 atom stereocenters. The molecule has 1 saturated carbocycles. The average Bonchev–Trinajstić information content (AvgIpc) is 2.24. The van der Waals surface area contributed by atoms with Gasteiger partial charge in [-0.15, -0.1) is 0 Å². The number of carbonyl (C=O) groups excluding carboxylic acids is 1. The second-order valence-electron chi connectivity index (χ2n) is 4.24. The number of nitrogens with one attached hydrogen (secondary N) is 1. The summed E-state index contributed by atoms with van der Waals surface area (Å²) in [4.78, 5) is 24.5. The molecule has 17 heavy (non-hydrogen) atoms. The number of hydrogen-bond acceptors (Lipinski definition) is 3. The van der Waals surface area contributed by atoms with E-state index in [9.17, 15) is 9.59 Å². The van der Waals surface area contributed by atoms with Crippen molar-refractivity contribution in [1.29, 1.82) is 0 Å². The summed E-state index contributed by atoms with van der Waals surface area (Å²) in [7, 11) is 1.57. The molecular formula is C11H20N2O4. The predicted molar refractivity (Wildman–Crippen MR) is 61.9 cm³/mol. The summed E-state index contributed by atoms with van der Waals surface area (Å²) in [6, 6.07) is -0.327. The predicted octanol–water partition coefficient (Wildman–Crippen LogP) is 0.672. The fourth-order valence-corrected chi connectivity index (χ4v) is 1.81. The Bertz CT molecular complexity index is 289. The highest BCUT2D eigenvalue weighted by Gasteiger charge is 2.46. The van der Waals surface area contributed by atoms with Gasteiger partial charge >= 0.3 is 12.0 Å². The largest absolute Gasteiger partial charge is 0.480 e. The van der Waals surface area contributed by atoms with Gasteiger partial charge < -0.3 is 20.1 Å². The lowest BCUT2D eigenvalue weighted by molar-refractivity contribution is -0.148. The number of likely N-dealkylation sites (N-methyl/N-ethyl adjacent to an activating group) is 1. The first-order valence-electron chi connectivity index (χ1n) is 5.85. The molecule has 1 fully saturated rings. The molecule has 1 rings (SSSR count). The molecule has 2 amide bonds. The Balaban J connectivity index is 2.54. The highest BCUT2D eigenvalue weighted by Crippen LogP contribution is 2.32. The van der Waals surface area contributed by atoms with E-state index in [4.69, 9.17) is 9.84 Å². The molecule has 98 valence electrons. The summed E-state index contributed by atoms with van der Waals surface area (Å²) in [5.74, 6) is -0.945. The van der Waals surface area contributed by atoms with E-state index >= 15 is 0 Å². The van der Waals surface area contributed by atoms with Crippen LogP contribution in [0.3, 0.4) is 0 Å². The summed E-state index contributed by atoms with van der Waals surface area (Å²) in [6.07, 6.45) is 1.86. The molecule has 0 aliphatic heterocycles. The lowest BCUT2D eigenvalue weighted by Gasteiger charge is -2.39. The van der Waals surface area contributed by atoms with Gasteiger partial charge in [0, 0.05) is 20.2 Å². The summed E-state index contributed by atoms with van der Waals surface area (Å²) in [5, 5.41) is 11.7. The maximum absolute atomic E-state index is 11.9. The molecule has 0 aromatic carbocycles. The van der Waals surface area contributed by atoms with Crippen LogP contribution in [-0.2, 0) is 9.53 Å². The number of carbonyl (C=O) groups is 2. The maximum Gasteiger partial charge on any atom is 0.329 e. The van der Waals surface area contributed by atoms with E-state index in [1.807, 2.05) is 6.92 Å². The van der Waals surface area contributed by atoms with E-state index in [2.05, 4.69) is 5.32 Å². The van der Waals surface area contributed by atoms with E-state index < -0.39 is 11.5 Å². The molecule has 0 aromatic rings. The molecule has 0 aromatic heterocycles. The number of carboxylic acids is 1. The number of rotatable bonds is 6. The van der Waals surface area contributed by atoms with Gasteiger partial charge in [-0.3, -0.25) is 0 Å². The van der Waals surface area contributed by atoms with Gasteiger partial charge in [-0.1, -0.05) is 0 Å². The van der Waals surface area contributed by atoms with Crippen molar-refractivity contribution in [3.8, 4) is 0 Å². The van der Waals surface area contributed by atoms with Gasteiger partial charge in [-0.05, 0) is 26.2 Å². The monoisotopic (exact) mass is 244 g/mol. The standard InChI is InChI=1S/C11H20N2O4/c1-3-13(7-8-17-2)10(16)12-11(9(14)15)5-4-6-11/h3-8H2,1-2H3,(H,12,16)(H,14,15). The van der Waals surface area contributed by atoms with Crippen molar-refractivity contribution in [2.45, 2.75) is 31.7 Å². The minimum absolute atomic E-state index is 0.327. The van der Waals surface area contributed by atoms with Crippen LogP contribution < -0.4 is 5.32 Å². The van der Waals surface area contributed by atoms with E-state index in [1.54, 1.807) is 12.0 Å². The molecule has 0 radical (unpaired) electrons. The fourth-order valence-electron chi connectivity index (χ4n) is 1.81. The number of amides is 2. The molecule has 6 nitrogen and oxygen atoms in total. The number of methoxy groups -OCH3 is 1. The highest BCUT2D eigenvalue weighted by molar-refractivity contribution is 5.87. The Labute approximate surface area is 101 Å². The lowest BCUT2D eigenvalue weighted by atomic mass is 9.77. The van der Waals surface area contributed by atoms with Crippen LogP contribution in [-0.4, -0.2) is 54.4 Å². The molecule has 1 aliphatic carbocycles. The molecule has 0 bridgehead atoms. The Hall–Kier alpha value is -1.30. The Morgan fingerprint density at radius 1 is 1.47 bits per heavy atom. The van der Waals surface area contributed by atoms with Crippen LogP contribution >= 0.6 is 0 Å². The van der Waals surface area contributed by atoms with Crippen molar-refractivity contribution < 1.29 is 19.4 Å². The number of carboxylic acid groups (broad SMARTS) is 1. The van der Waals surface area contributed by atoms with Gasteiger partial charge in [0.15, 0.2) is 0 Å². The van der Waals surface area contributed by atoms with Gasteiger partial charge in [-0.25, -0.2) is 9.59 Å². The third kappa shape index (κ3) is 3.09. The first-order chi connectivity index (χ1) is 8.05. The Morgan fingerprint density at radius 2 is 2.12 bits per heavy atom. The van der Waals surface area contributed by atoms with Gasteiger partial charge in [0.25, 0.3) is 0 Å². The van der Waals surface area contributed by atoms with Crippen molar-refractivity contribution >= 4 is 12.0 Å². The van der Waals surface area contributed by atoms with Crippen LogP contribution in [0.2, 0.25) is 0 Å². The summed E-state index contributed by atoms with van der Waals surface area (Å²) in [6.45, 7) is 3.30. The van der Waals surface area contributed by atoms with Gasteiger partial charge in [-0.2, -0.15) is 0 Å². The van der Waals surface area contributed by atoms with Crippen molar-refractivity contribution in [1.82, 2.24) is 10.2 Å². The maximum atomic E-state index is 11.9. The van der Waals surface area contributed by atoms with Crippen molar-refractivity contribution in [3.63, 3.8) is 0 Å². The minimum Gasteiger partial charge on any atom is -0.480 e. The van der Waals surface area contributed by atoms with Gasteiger partial charge in [0.1, 0.15) is 5.54 Å². The van der Waals surface area contributed by atoms with Crippen molar-refractivity contribution in [3.05, 3.63) is 0 Å². The molecule has 0 saturated heterocycles. The third-order valence-electron chi connectivity index (χ3n) is 3.20. The quantitative estimate of drug-likeness (QED) is 0.720. The highest BCUT2D eigenvalue weighted by atomic mass is 16.5. The summed E-state index contributed by atoms with van der Waals surface area (Å²) >= 11 is 0. The van der Waals surface area contributed by atoms with Gasteiger partial charge in [0.2, 0.25) is 0 Å². The molecule has 2 N–H and O–H groups in total. The fraction of sp³-hybridized carbons (Fsp3) is 0.818. The second kappa shape index (κ2) is 5.86. The molecule has 1 aliphatic rings. The molecule has 0 spiro atoms. The van der Waals surface area contributed by atoms with E-state index in [0.717, 1.165) is 6.42 Å². The zero-order chi connectivity index (χ0) is 12.9.